The molecular formula is C36H44N4. The highest BCUT2D eigenvalue weighted by atomic mass is 15.3. The second kappa shape index (κ2) is 15.5. The molecule has 4 aromatic carbocycles. The fraction of sp³-hybridized carbons (Fsp3) is 0.333. The lowest BCUT2D eigenvalue weighted by atomic mass is 10.1. The van der Waals surface area contributed by atoms with Crippen LogP contribution in [0.25, 0.3) is 0 Å². The summed E-state index contributed by atoms with van der Waals surface area (Å²) >= 11 is 0. The van der Waals surface area contributed by atoms with E-state index in [-0.39, 0.29) is 0 Å². The first-order valence-corrected chi connectivity index (χ1v) is 14.9. The molecule has 5 rings (SSSR count). The first-order chi connectivity index (χ1) is 19.8. The SMILES string of the molecule is c1ccc(CN2CCCN(Cc3ccccc3)CCN(Cc3ccccc3)CN(Cc3ccccc3)CC2)cc1. The summed E-state index contributed by atoms with van der Waals surface area (Å²) in [5.74, 6) is 0. The Morgan fingerprint density at radius 2 is 0.600 bits per heavy atom. The molecule has 1 aliphatic rings. The molecule has 0 unspecified atom stereocenters. The van der Waals surface area contributed by atoms with E-state index in [4.69, 9.17) is 0 Å². The summed E-state index contributed by atoms with van der Waals surface area (Å²) < 4.78 is 0. The lowest BCUT2D eigenvalue weighted by molar-refractivity contribution is 0.0834. The summed E-state index contributed by atoms with van der Waals surface area (Å²) in [5, 5.41) is 0. The molecule has 1 fully saturated rings. The van der Waals surface area contributed by atoms with E-state index in [0.717, 1.165) is 72.1 Å². The smallest absolute Gasteiger partial charge is 0.0513 e. The van der Waals surface area contributed by atoms with Crippen LogP contribution in [0.1, 0.15) is 28.7 Å². The van der Waals surface area contributed by atoms with E-state index < -0.39 is 0 Å². The van der Waals surface area contributed by atoms with Crippen molar-refractivity contribution in [2.24, 2.45) is 0 Å². The van der Waals surface area contributed by atoms with Crippen LogP contribution in [0.3, 0.4) is 0 Å². The van der Waals surface area contributed by atoms with E-state index in [1.54, 1.807) is 0 Å². The third-order valence-corrected chi connectivity index (χ3v) is 7.81. The summed E-state index contributed by atoms with van der Waals surface area (Å²) in [7, 11) is 0. The Bertz CT molecular complexity index is 1120. The fourth-order valence-corrected chi connectivity index (χ4v) is 5.67. The van der Waals surface area contributed by atoms with E-state index in [1.807, 2.05) is 0 Å². The third kappa shape index (κ3) is 9.42. The Hall–Kier alpha value is -3.28. The maximum absolute atomic E-state index is 2.66. The van der Waals surface area contributed by atoms with Crippen LogP contribution in [0.15, 0.2) is 121 Å². The van der Waals surface area contributed by atoms with E-state index in [2.05, 4.69) is 141 Å². The van der Waals surface area contributed by atoms with Gasteiger partial charge in [0.1, 0.15) is 0 Å². The Morgan fingerprint density at radius 3 is 0.925 bits per heavy atom. The van der Waals surface area contributed by atoms with Gasteiger partial charge in [0, 0.05) is 52.4 Å². The first kappa shape index (κ1) is 28.3. The van der Waals surface area contributed by atoms with Gasteiger partial charge in [0.05, 0.1) is 6.67 Å². The Morgan fingerprint density at radius 1 is 0.325 bits per heavy atom. The van der Waals surface area contributed by atoms with Crippen LogP contribution in [0.5, 0.6) is 0 Å². The minimum absolute atomic E-state index is 0.960. The van der Waals surface area contributed by atoms with E-state index in [1.165, 1.54) is 28.7 Å². The quantitative estimate of drug-likeness (QED) is 0.262. The normalized spacial score (nSPS) is 17.2. The van der Waals surface area contributed by atoms with Crippen LogP contribution in [0, 0.1) is 0 Å². The molecule has 0 radical (unpaired) electrons. The highest BCUT2D eigenvalue weighted by Gasteiger charge is 2.18. The molecule has 0 aromatic heterocycles. The Kier molecular flexibility index (Phi) is 10.9. The van der Waals surface area contributed by atoms with Gasteiger partial charge >= 0.3 is 0 Å². The molecule has 0 N–H and O–H groups in total. The molecule has 1 aliphatic heterocycles. The molecule has 4 nitrogen and oxygen atoms in total. The van der Waals surface area contributed by atoms with Gasteiger partial charge in [0.2, 0.25) is 0 Å². The van der Waals surface area contributed by atoms with Gasteiger partial charge in [-0.25, -0.2) is 0 Å². The van der Waals surface area contributed by atoms with Crippen molar-refractivity contribution in [2.45, 2.75) is 32.6 Å². The molecule has 0 amide bonds. The maximum atomic E-state index is 2.66. The zero-order valence-corrected chi connectivity index (χ0v) is 23.8. The Balaban J connectivity index is 1.36. The van der Waals surface area contributed by atoms with Crippen molar-refractivity contribution >= 4 is 0 Å². The zero-order chi connectivity index (χ0) is 27.2. The average molecular weight is 533 g/mol. The summed E-state index contributed by atoms with van der Waals surface area (Å²) in [5.41, 5.74) is 5.57. The summed E-state index contributed by atoms with van der Waals surface area (Å²) in [6.45, 7) is 11.4. The number of hydrogen-bond acceptors (Lipinski definition) is 4. The van der Waals surface area contributed by atoms with E-state index >= 15 is 0 Å². The predicted molar refractivity (Wildman–Crippen MR) is 167 cm³/mol. The number of hydrogen-bond donors (Lipinski definition) is 0. The van der Waals surface area contributed by atoms with Gasteiger partial charge in [-0.3, -0.25) is 19.6 Å². The molecule has 1 heterocycles. The van der Waals surface area contributed by atoms with Crippen LogP contribution in [-0.2, 0) is 26.2 Å². The molecule has 4 aromatic rings. The monoisotopic (exact) mass is 532 g/mol. The van der Waals surface area contributed by atoms with Crippen molar-refractivity contribution in [1.29, 1.82) is 0 Å². The van der Waals surface area contributed by atoms with E-state index in [0.29, 0.717) is 0 Å². The highest BCUT2D eigenvalue weighted by molar-refractivity contribution is 5.17. The molecule has 0 spiro atoms. The van der Waals surface area contributed by atoms with E-state index in [9.17, 15) is 0 Å². The second-order valence-electron chi connectivity index (χ2n) is 11.1. The first-order valence-electron chi connectivity index (χ1n) is 14.9. The van der Waals surface area contributed by atoms with Crippen molar-refractivity contribution in [2.75, 3.05) is 45.9 Å². The highest BCUT2D eigenvalue weighted by Crippen LogP contribution is 2.14. The molecule has 0 saturated carbocycles. The van der Waals surface area contributed by atoms with Gasteiger partial charge in [-0.2, -0.15) is 0 Å². The molecule has 1 saturated heterocycles. The molecule has 0 bridgehead atoms. The van der Waals surface area contributed by atoms with Gasteiger partial charge in [-0.1, -0.05) is 121 Å². The van der Waals surface area contributed by atoms with Crippen LogP contribution in [0.4, 0.5) is 0 Å². The molecule has 40 heavy (non-hydrogen) atoms. The van der Waals surface area contributed by atoms with Gasteiger partial charge in [0.15, 0.2) is 0 Å². The summed E-state index contributed by atoms with van der Waals surface area (Å²) in [6.07, 6.45) is 1.18. The lowest BCUT2D eigenvalue weighted by Gasteiger charge is -2.35. The van der Waals surface area contributed by atoms with Crippen LogP contribution < -0.4 is 0 Å². The molecule has 0 atom stereocenters. The predicted octanol–water partition coefficient (Wildman–Crippen LogP) is 6.36. The van der Waals surface area contributed by atoms with Gasteiger partial charge in [-0.15, -0.1) is 0 Å². The van der Waals surface area contributed by atoms with Crippen molar-refractivity contribution in [3.63, 3.8) is 0 Å². The average Bonchev–Trinajstić information content (AvgIpc) is 2.99. The maximum Gasteiger partial charge on any atom is 0.0513 e. The molecule has 0 aliphatic carbocycles. The van der Waals surface area contributed by atoms with Crippen LogP contribution in [-0.4, -0.2) is 65.5 Å². The van der Waals surface area contributed by atoms with Crippen molar-refractivity contribution in [3.8, 4) is 0 Å². The molecular weight excluding hydrogens is 488 g/mol. The summed E-state index contributed by atoms with van der Waals surface area (Å²) in [4.78, 5) is 10.6. The Labute approximate surface area is 241 Å². The van der Waals surface area contributed by atoms with Gasteiger partial charge in [-0.05, 0) is 41.8 Å². The number of rotatable bonds is 8. The van der Waals surface area contributed by atoms with Crippen molar-refractivity contribution < 1.29 is 0 Å². The largest absolute Gasteiger partial charge is 0.298 e. The van der Waals surface area contributed by atoms with Gasteiger partial charge in [0.25, 0.3) is 0 Å². The summed E-state index contributed by atoms with van der Waals surface area (Å²) in [6, 6.07) is 43.9. The minimum Gasteiger partial charge on any atom is -0.298 e. The van der Waals surface area contributed by atoms with Crippen LogP contribution in [0.2, 0.25) is 0 Å². The standard InChI is InChI=1S/C36H44N4/c1-5-14-33(15-6-1)28-37-22-13-23-38(29-34-16-7-2-8-17-34)25-27-40(31-36-20-11-4-12-21-36)32-39(26-24-37)30-35-18-9-3-10-19-35/h1-12,14-21H,13,22-32H2. The minimum atomic E-state index is 0.960. The third-order valence-electron chi connectivity index (χ3n) is 7.81. The topological polar surface area (TPSA) is 13.0 Å². The zero-order valence-electron chi connectivity index (χ0n) is 23.8. The molecule has 4 heteroatoms. The van der Waals surface area contributed by atoms with Gasteiger partial charge < -0.3 is 0 Å². The number of benzene rings is 4. The fourth-order valence-electron chi connectivity index (χ4n) is 5.67. The second-order valence-corrected chi connectivity index (χ2v) is 11.1. The van der Waals surface area contributed by atoms with Crippen molar-refractivity contribution in [3.05, 3.63) is 144 Å². The number of nitrogens with zero attached hydrogens (tertiary/aromatic N) is 4. The molecule has 208 valence electrons. The van der Waals surface area contributed by atoms with Crippen molar-refractivity contribution in [1.82, 2.24) is 19.6 Å². The lowest BCUT2D eigenvalue weighted by Crippen LogP contribution is -2.45. The van der Waals surface area contributed by atoms with Crippen LogP contribution >= 0.6 is 0 Å².